The Morgan fingerprint density at radius 2 is 2.35 bits per heavy atom. The van der Waals surface area contributed by atoms with Crippen LogP contribution in [0.2, 0.25) is 0 Å². The van der Waals surface area contributed by atoms with Gasteiger partial charge >= 0.3 is 0 Å². The van der Waals surface area contributed by atoms with Crippen LogP contribution >= 0.6 is 11.3 Å². The van der Waals surface area contributed by atoms with E-state index < -0.39 is 0 Å². The standard InChI is InChI=1S/C13H19N3S/c1-2-13-15-8-10-16(13)9-7-14-6-5-12-4-3-11-17-12/h3-4,8,10-11,14H,2,5-7,9H2,1H3. The van der Waals surface area contributed by atoms with Gasteiger partial charge in [-0.05, 0) is 17.9 Å². The molecule has 0 saturated heterocycles. The van der Waals surface area contributed by atoms with Crippen LogP contribution in [-0.4, -0.2) is 22.6 Å². The van der Waals surface area contributed by atoms with Gasteiger partial charge in [-0.1, -0.05) is 13.0 Å². The molecule has 2 aromatic heterocycles. The first-order valence-corrected chi connectivity index (χ1v) is 7.01. The highest BCUT2D eigenvalue weighted by atomic mass is 32.1. The van der Waals surface area contributed by atoms with E-state index in [2.05, 4.69) is 45.5 Å². The molecule has 0 spiro atoms. The molecule has 0 aliphatic carbocycles. The lowest BCUT2D eigenvalue weighted by Gasteiger charge is -2.07. The van der Waals surface area contributed by atoms with E-state index in [-0.39, 0.29) is 0 Å². The SMILES string of the molecule is CCc1nccn1CCNCCc1cccs1. The second kappa shape index (κ2) is 6.57. The maximum absolute atomic E-state index is 4.31. The number of nitrogens with one attached hydrogen (secondary N) is 1. The van der Waals surface area contributed by atoms with Crippen molar-refractivity contribution in [1.29, 1.82) is 0 Å². The fraction of sp³-hybridized carbons (Fsp3) is 0.462. The van der Waals surface area contributed by atoms with Crippen LogP contribution in [0.15, 0.2) is 29.9 Å². The van der Waals surface area contributed by atoms with E-state index in [1.165, 1.54) is 10.7 Å². The van der Waals surface area contributed by atoms with Crippen LogP contribution in [0.4, 0.5) is 0 Å². The summed E-state index contributed by atoms with van der Waals surface area (Å²) in [6.45, 7) is 5.21. The largest absolute Gasteiger partial charge is 0.334 e. The molecule has 0 aliphatic heterocycles. The fourth-order valence-electron chi connectivity index (χ4n) is 1.85. The second-order valence-corrected chi connectivity index (χ2v) is 5.00. The van der Waals surface area contributed by atoms with Gasteiger partial charge in [0, 0.05) is 43.3 Å². The minimum Gasteiger partial charge on any atom is -0.334 e. The summed E-state index contributed by atoms with van der Waals surface area (Å²) in [5.74, 6) is 1.17. The number of hydrogen-bond donors (Lipinski definition) is 1. The maximum atomic E-state index is 4.31. The average Bonchev–Trinajstić information content (AvgIpc) is 2.98. The molecule has 0 amide bonds. The summed E-state index contributed by atoms with van der Waals surface area (Å²) >= 11 is 1.83. The van der Waals surface area contributed by atoms with Crippen molar-refractivity contribution in [3.05, 3.63) is 40.6 Å². The summed E-state index contributed by atoms with van der Waals surface area (Å²) in [7, 11) is 0. The summed E-state index contributed by atoms with van der Waals surface area (Å²) in [5.41, 5.74) is 0. The van der Waals surface area contributed by atoms with Crippen LogP contribution in [-0.2, 0) is 19.4 Å². The molecule has 0 unspecified atom stereocenters. The molecule has 4 heteroatoms. The molecule has 92 valence electrons. The zero-order chi connectivity index (χ0) is 11.9. The van der Waals surface area contributed by atoms with Crippen molar-refractivity contribution in [2.75, 3.05) is 13.1 Å². The fourth-order valence-corrected chi connectivity index (χ4v) is 2.56. The van der Waals surface area contributed by atoms with Crippen LogP contribution in [0, 0.1) is 0 Å². The summed E-state index contributed by atoms with van der Waals surface area (Å²) in [5, 5.41) is 5.60. The maximum Gasteiger partial charge on any atom is 0.108 e. The first-order valence-electron chi connectivity index (χ1n) is 6.13. The highest BCUT2D eigenvalue weighted by molar-refractivity contribution is 7.09. The Balaban J connectivity index is 1.63. The zero-order valence-electron chi connectivity index (χ0n) is 10.2. The molecule has 17 heavy (non-hydrogen) atoms. The summed E-state index contributed by atoms with van der Waals surface area (Å²) in [4.78, 5) is 5.76. The Labute approximate surface area is 107 Å². The van der Waals surface area contributed by atoms with Gasteiger partial charge in [-0.25, -0.2) is 4.98 Å². The Morgan fingerprint density at radius 3 is 3.12 bits per heavy atom. The minimum absolute atomic E-state index is 1.00. The molecule has 0 aliphatic rings. The highest BCUT2D eigenvalue weighted by Gasteiger charge is 1.99. The Morgan fingerprint density at radius 1 is 1.41 bits per heavy atom. The number of thiophene rings is 1. The molecule has 0 atom stereocenters. The van der Waals surface area contributed by atoms with Crippen LogP contribution in [0.3, 0.4) is 0 Å². The normalized spacial score (nSPS) is 10.9. The molecule has 0 saturated carbocycles. The van der Waals surface area contributed by atoms with Crippen LogP contribution in [0.5, 0.6) is 0 Å². The number of imidazole rings is 1. The number of aromatic nitrogens is 2. The van der Waals surface area contributed by atoms with E-state index in [1.54, 1.807) is 0 Å². The highest BCUT2D eigenvalue weighted by Crippen LogP contribution is 2.07. The number of hydrogen-bond acceptors (Lipinski definition) is 3. The van der Waals surface area contributed by atoms with Crippen LogP contribution in [0.1, 0.15) is 17.6 Å². The van der Waals surface area contributed by atoms with Crippen molar-refractivity contribution in [3.63, 3.8) is 0 Å². The van der Waals surface area contributed by atoms with E-state index in [0.717, 1.165) is 32.5 Å². The van der Waals surface area contributed by atoms with Crippen molar-refractivity contribution >= 4 is 11.3 Å². The molecule has 0 bridgehead atoms. The lowest BCUT2D eigenvalue weighted by molar-refractivity contribution is 0.583. The molecule has 0 radical (unpaired) electrons. The van der Waals surface area contributed by atoms with Gasteiger partial charge in [-0.3, -0.25) is 0 Å². The van der Waals surface area contributed by atoms with Crippen molar-refractivity contribution in [2.45, 2.75) is 26.3 Å². The monoisotopic (exact) mass is 249 g/mol. The summed E-state index contributed by atoms with van der Waals surface area (Å²) < 4.78 is 2.22. The number of aryl methyl sites for hydroxylation is 1. The predicted molar refractivity (Wildman–Crippen MR) is 72.5 cm³/mol. The van der Waals surface area contributed by atoms with E-state index >= 15 is 0 Å². The van der Waals surface area contributed by atoms with E-state index in [1.807, 2.05) is 17.5 Å². The van der Waals surface area contributed by atoms with Crippen molar-refractivity contribution in [2.24, 2.45) is 0 Å². The summed E-state index contributed by atoms with van der Waals surface area (Å²) in [6.07, 6.45) is 6.06. The van der Waals surface area contributed by atoms with Gasteiger partial charge in [0.1, 0.15) is 5.82 Å². The van der Waals surface area contributed by atoms with E-state index in [0.29, 0.717) is 0 Å². The van der Waals surface area contributed by atoms with Gasteiger partial charge in [-0.2, -0.15) is 0 Å². The third kappa shape index (κ3) is 3.68. The van der Waals surface area contributed by atoms with Crippen molar-refractivity contribution in [3.8, 4) is 0 Å². The van der Waals surface area contributed by atoms with Gasteiger partial charge in [-0.15, -0.1) is 11.3 Å². The molecule has 2 rings (SSSR count). The Hall–Kier alpha value is -1.13. The quantitative estimate of drug-likeness (QED) is 0.763. The molecular formula is C13H19N3S. The van der Waals surface area contributed by atoms with Gasteiger partial charge < -0.3 is 9.88 Å². The predicted octanol–water partition coefficient (Wildman–Crippen LogP) is 2.34. The molecule has 3 nitrogen and oxygen atoms in total. The third-order valence-electron chi connectivity index (χ3n) is 2.78. The zero-order valence-corrected chi connectivity index (χ0v) is 11.0. The van der Waals surface area contributed by atoms with Crippen molar-refractivity contribution < 1.29 is 0 Å². The van der Waals surface area contributed by atoms with Gasteiger partial charge in [0.05, 0.1) is 0 Å². The van der Waals surface area contributed by atoms with Crippen LogP contribution in [0.25, 0.3) is 0 Å². The molecule has 0 fully saturated rings. The number of nitrogens with zero attached hydrogens (tertiary/aromatic N) is 2. The molecule has 2 aromatic rings. The van der Waals surface area contributed by atoms with E-state index in [4.69, 9.17) is 0 Å². The summed E-state index contributed by atoms with van der Waals surface area (Å²) in [6, 6.07) is 4.30. The minimum atomic E-state index is 1.00. The average molecular weight is 249 g/mol. The number of rotatable bonds is 7. The third-order valence-corrected chi connectivity index (χ3v) is 3.71. The molecule has 2 heterocycles. The molecule has 1 N–H and O–H groups in total. The van der Waals surface area contributed by atoms with Gasteiger partial charge in [0.25, 0.3) is 0 Å². The Bertz CT molecular complexity index is 420. The van der Waals surface area contributed by atoms with Crippen LogP contribution < -0.4 is 5.32 Å². The second-order valence-electron chi connectivity index (χ2n) is 3.97. The first kappa shape index (κ1) is 12.3. The lowest BCUT2D eigenvalue weighted by atomic mass is 10.3. The topological polar surface area (TPSA) is 29.9 Å². The smallest absolute Gasteiger partial charge is 0.108 e. The van der Waals surface area contributed by atoms with Gasteiger partial charge in [0.2, 0.25) is 0 Å². The Kier molecular flexibility index (Phi) is 4.76. The van der Waals surface area contributed by atoms with E-state index in [9.17, 15) is 0 Å². The van der Waals surface area contributed by atoms with Crippen molar-refractivity contribution in [1.82, 2.24) is 14.9 Å². The molecular weight excluding hydrogens is 230 g/mol. The van der Waals surface area contributed by atoms with Gasteiger partial charge in [0.15, 0.2) is 0 Å². The molecule has 0 aromatic carbocycles. The lowest BCUT2D eigenvalue weighted by Crippen LogP contribution is -2.22. The first-order chi connectivity index (χ1) is 8.40.